The topological polar surface area (TPSA) is 55.4 Å². The minimum absolute atomic E-state index is 0.234. The fourth-order valence-corrected chi connectivity index (χ4v) is 0.960. The van der Waals surface area contributed by atoms with Gasteiger partial charge in [-0.25, -0.2) is 0 Å². The van der Waals surface area contributed by atoms with Gasteiger partial charge >= 0.3 is 0 Å². The predicted octanol–water partition coefficient (Wildman–Crippen LogP) is 0.505. The molecule has 0 bridgehead atoms. The van der Waals surface area contributed by atoms with E-state index in [1.54, 1.807) is 0 Å². The van der Waals surface area contributed by atoms with Gasteiger partial charge in [0.25, 0.3) is 0 Å². The van der Waals surface area contributed by atoms with Crippen molar-refractivity contribution in [3.8, 4) is 0 Å². The first-order valence-corrected chi connectivity index (χ1v) is 4.28. The van der Waals surface area contributed by atoms with Crippen molar-refractivity contribution in [1.82, 2.24) is 5.32 Å². The summed E-state index contributed by atoms with van der Waals surface area (Å²) in [5.41, 5.74) is -0.293. The Labute approximate surface area is 78.6 Å². The summed E-state index contributed by atoms with van der Waals surface area (Å²) < 4.78 is 5.53. The normalized spacial score (nSPS) is 13.5. The van der Waals surface area contributed by atoms with Crippen LogP contribution in [0, 0.1) is 0 Å². The van der Waals surface area contributed by atoms with Gasteiger partial charge < -0.3 is 14.8 Å². The second kappa shape index (κ2) is 5.70. The summed E-state index contributed by atoms with van der Waals surface area (Å²) in [6.45, 7) is 6.10. The van der Waals surface area contributed by atoms with Crippen LogP contribution >= 0.6 is 0 Å². The maximum absolute atomic E-state index is 10.3. The number of carbonyl (C=O) groups excluding carboxylic acids is 2. The van der Waals surface area contributed by atoms with Crippen molar-refractivity contribution in [2.45, 2.75) is 38.9 Å². The number of hydrogen-bond acceptors (Lipinski definition) is 3. The van der Waals surface area contributed by atoms with E-state index in [2.05, 4.69) is 5.32 Å². The van der Waals surface area contributed by atoms with Crippen molar-refractivity contribution in [2.75, 3.05) is 6.54 Å². The lowest BCUT2D eigenvalue weighted by molar-refractivity contribution is -0.117. The van der Waals surface area contributed by atoms with Gasteiger partial charge in [0.2, 0.25) is 6.41 Å². The summed E-state index contributed by atoms with van der Waals surface area (Å²) in [6, 6.07) is 0. The van der Waals surface area contributed by atoms with E-state index in [-0.39, 0.29) is 11.7 Å². The molecule has 0 aromatic rings. The second-order valence-corrected chi connectivity index (χ2v) is 3.78. The number of hydrogen-bond donors (Lipinski definition) is 1. The first-order valence-electron chi connectivity index (χ1n) is 4.28. The summed E-state index contributed by atoms with van der Waals surface area (Å²) in [5, 5.41) is 2.49. The van der Waals surface area contributed by atoms with Gasteiger partial charge in [-0.15, -0.1) is 0 Å². The van der Waals surface area contributed by atoms with Crippen LogP contribution in [0.15, 0.2) is 0 Å². The molecule has 1 amide bonds. The fraction of sp³-hybridized carbons (Fsp3) is 0.778. The molecule has 0 heterocycles. The summed E-state index contributed by atoms with van der Waals surface area (Å²) in [4.78, 5) is 20.3. The third-order valence-corrected chi connectivity index (χ3v) is 1.31. The van der Waals surface area contributed by atoms with Crippen molar-refractivity contribution in [2.24, 2.45) is 0 Å². The average Bonchev–Trinajstić information content (AvgIpc) is 1.98. The van der Waals surface area contributed by atoms with Gasteiger partial charge in [0.15, 0.2) is 0 Å². The monoisotopic (exact) mass is 187 g/mol. The molecule has 0 saturated heterocycles. The van der Waals surface area contributed by atoms with Gasteiger partial charge in [0.05, 0.1) is 11.7 Å². The van der Waals surface area contributed by atoms with Crippen LogP contribution in [-0.2, 0) is 14.3 Å². The number of ether oxygens (including phenoxy) is 1. The number of amides is 1. The highest BCUT2D eigenvalue weighted by atomic mass is 16.5. The molecule has 0 rings (SSSR count). The molecule has 0 aliphatic rings. The molecule has 1 unspecified atom stereocenters. The van der Waals surface area contributed by atoms with Crippen LogP contribution < -0.4 is 5.32 Å². The Morgan fingerprint density at radius 1 is 1.38 bits per heavy atom. The molecule has 0 aliphatic heterocycles. The van der Waals surface area contributed by atoms with Crippen molar-refractivity contribution >= 4 is 12.7 Å². The largest absolute Gasteiger partial charge is 0.370 e. The molecule has 0 aliphatic carbocycles. The molecule has 4 heteroatoms. The van der Waals surface area contributed by atoms with E-state index in [4.69, 9.17) is 4.74 Å². The molecule has 76 valence electrons. The Morgan fingerprint density at radius 3 is 2.38 bits per heavy atom. The van der Waals surface area contributed by atoms with E-state index in [0.29, 0.717) is 19.4 Å². The van der Waals surface area contributed by atoms with Crippen LogP contribution in [0.4, 0.5) is 0 Å². The Balaban J connectivity index is 3.92. The van der Waals surface area contributed by atoms with E-state index >= 15 is 0 Å². The molecule has 0 saturated carbocycles. The zero-order valence-corrected chi connectivity index (χ0v) is 8.37. The number of nitrogens with one attached hydrogen (secondary N) is 1. The molecule has 0 spiro atoms. The van der Waals surface area contributed by atoms with Crippen molar-refractivity contribution in [3.63, 3.8) is 0 Å². The zero-order chi connectivity index (χ0) is 10.3. The third-order valence-electron chi connectivity index (χ3n) is 1.31. The van der Waals surface area contributed by atoms with Gasteiger partial charge in [-0.2, -0.15) is 0 Å². The molecule has 13 heavy (non-hydrogen) atoms. The number of aldehydes is 1. The molecule has 1 atom stereocenters. The summed E-state index contributed by atoms with van der Waals surface area (Å²) in [5.74, 6) is 0. The van der Waals surface area contributed by atoms with Crippen molar-refractivity contribution < 1.29 is 14.3 Å². The highest BCUT2D eigenvalue weighted by Crippen LogP contribution is 2.11. The smallest absolute Gasteiger partial charge is 0.207 e. The first kappa shape index (κ1) is 12.1. The Hall–Kier alpha value is -0.900. The Kier molecular flexibility index (Phi) is 5.30. The van der Waals surface area contributed by atoms with E-state index in [9.17, 15) is 9.59 Å². The van der Waals surface area contributed by atoms with Crippen LogP contribution in [0.3, 0.4) is 0 Å². The first-order chi connectivity index (χ1) is 5.99. The highest BCUT2D eigenvalue weighted by molar-refractivity contribution is 5.51. The number of carbonyl (C=O) groups is 2. The predicted molar refractivity (Wildman–Crippen MR) is 49.4 cm³/mol. The Morgan fingerprint density at radius 2 is 2.00 bits per heavy atom. The lowest BCUT2D eigenvalue weighted by atomic mass is 10.1. The van der Waals surface area contributed by atoms with Gasteiger partial charge in [-0.05, 0) is 20.8 Å². The van der Waals surface area contributed by atoms with Crippen LogP contribution in [0.25, 0.3) is 0 Å². The van der Waals surface area contributed by atoms with Crippen LogP contribution in [0.5, 0.6) is 0 Å². The fourth-order valence-electron chi connectivity index (χ4n) is 0.960. The van der Waals surface area contributed by atoms with Crippen LogP contribution in [0.2, 0.25) is 0 Å². The summed E-state index contributed by atoms with van der Waals surface area (Å²) in [6.07, 6.45) is 1.47. The van der Waals surface area contributed by atoms with E-state index in [1.165, 1.54) is 0 Å². The average molecular weight is 187 g/mol. The van der Waals surface area contributed by atoms with Gasteiger partial charge in [0.1, 0.15) is 6.29 Å². The third kappa shape index (κ3) is 7.46. The maximum Gasteiger partial charge on any atom is 0.207 e. The van der Waals surface area contributed by atoms with Gasteiger partial charge in [0, 0.05) is 13.0 Å². The number of rotatable bonds is 6. The molecule has 0 fully saturated rings. The minimum atomic E-state index is -0.293. The summed E-state index contributed by atoms with van der Waals surface area (Å²) in [7, 11) is 0. The second-order valence-electron chi connectivity index (χ2n) is 3.78. The molecular weight excluding hydrogens is 170 g/mol. The molecule has 0 radical (unpaired) electrons. The molecular formula is C9H17NO3. The quantitative estimate of drug-likeness (QED) is 0.616. The van der Waals surface area contributed by atoms with Crippen LogP contribution in [0.1, 0.15) is 27.2 Å². The van der Waals surface area contributed by atoms with Crippen LogP contribution in [-0.4, -0.2) is 30.9 Å². The standard InChI is InChI=1S/C9H17NO3/c1-9(2,3)13-8(4-5-11)6-10-7-12/h5,7-8H,4,6H2,1-3H3,(H,10,12). The molecule has 0 aromatic heterocycles. The molecule has 0 aromatic carbocycles. The highest BCUT2D eigenvalue weighted by Gasteiger charge is 2.17. The molecule has 4 nitrogen and oxygen atoms in total. The Bertz CT molecular complexity index is 163. The van der Waals surface area contributed by atoms with Crippen molar-refractivity contribution in [3.05, 3.63) is 0 Å². The maximum atomic E-state index is 10.3. The van der Waals surface area contributed by atoms with Gasteiger partial charge in [-0.3, -0.25) is 4.79 Å². The van der Waals surface area contributed by atoms with E-state index in [0.717, 1.165) is 6.29 Å². The van der Waals surface area contributed by atoms with Crippen molar-refractivity contribution in [1.29, 1.82) is 0 Å². The SMILES string of the molecule is CC(C)(C)OC(CC=O)CNC=O. The van der Waals surface area contributed by atoms with E-state index in [1.807, 2.05) is 20.8 Å². The minimum Gasteiger partial charge on any atom is -0.370 e. The van der Waals surface area contributed by atoms with E-state index < -0.39 is 0 Å². The lowest BCUT2D eigenvalue weighted by Gasteiger charge is -2.26. The summed E-state index contributed by atoms with van der Waals surface area (Å²) >= 11 is 0. The lowest BCUT2D eigenvalue weighted by Crippen LogP contribution is -2.35. The van der Waals surface area contributed by atoms with Gasteiger partial charge in [-0.1, -0.05) is 0 Å². The molecule has 1 N–H and O–H groups in total. The zero-order valence-electron chi connectivity index (χ0n) is 8.37.